The van der Waals surface area contributed by atoms with E-state index in [9.17, 15) is 23.1 Å². The summed E-state index contributed by atoms with van der Waals surface area (Å²) in [6, 6.07) is 11.7. The van der Waals surface area contributed by atoms with E-state index < -0.39 is 28.4 Å². The van der Waals surface area contributed by atoms with Crippen molar-refractivity contribution in [2.75, 3.05) is 19.7 Å². The summed E-state index contributed by atoms with van der Waals surface area (Å²) in [7, 11) is -3.71. The molecule has 0 radical (unpaired) electrons. The second kappa shape index (κ2) is 9.89. The van der Waals surface area contributed by atoms with Crippen molar-refractivity contribution in [1.82, 2.24) is 15.2 Å². The van der Waals surface area contributed by atoms with E-state index in [0.29, 0.717) is 13.1 Å². The Labute approximate surface area is 169 Å². The minimum absolute atomic E-state index is 0.0111. The summed E-state index contributed by atoms with van der Waals surface area (Å²) in [6.45, 7) is 3.63. The van der Waals surface area contributed by atoms with E-state index in [1.807, 2.05) is 0 Å². The third-order valence-electron chi connectivity index (χ3n) is 3.98. The minimum Gasteiger partial charge on any atom is -0.504 e. The number of hydrogen-bond acceptors (Lipinski definition) is 6. The number of aromatic hydroxyl groups is 1. The molecule has 2 aromatic carbocycles. The van der Waals surface area contributed by atoms with Crippen LogP contribution in [-0.2, 0) is 14.8 Å². The summed E-state index contributed by atoms with van der Waals surface area (Å²) < 4.78 is 31.6. The highest BCUT2D eigenvalue weighted by atomic mass is 32.2. The van der Waals surface area contributed by atoms with Crippen molar-refractivity contribution >= 4 is 21.8 Å². The Morgan fingerprint density at radius 3 is 2.38 bits per heavy atom. The molecule has 156 valence electrons. The molecule has 29 heavy (non-hydrogen) atoms. The van der Waals surface area contributed by atoms with E-state index in [-0.39, 0.29) is 22.0 Å². The van der Waals surface area contributed by atoms with Crippen molar-refractivity contribution in [1.29, 1.82) is 0 Å². The maximum Gasteiger partial charge on any atom is 0.276 e. The number of carbonyl (C=O) groups is 2. The monoisotopic (exact) mass is 421 g/mol. The normalized spacial score (nSPS) is 11.1. The molecular weight excluding hydrogens is 398 g/mol. The molecule has 0 aliphatic heterocycles. The molecule has 9 nitrogen and oxygen atoms in total. The summed E-state index contributed by atoms with van der Waals surface area (Å²) >= 11 is 0. The number of rotatable bonds is 8. The zero-order chi connectivity index (χ0) is 21.4. The van der Waals surface area contributed by atoms with E-state index >= 15 is 0 Å². The van der Waals surface area contributed by atoms with Crippen molar-refractivity contribution in [3.63, 3.8) is 0 Å². The first-order chi connectivity index (χ1) is 13.8. The number of nitrogens with zero attached hydrogens (tertiary/aromatic N) is 1. The van der Waals surface area contributed by atoms with Crippen LogP contribution in [0.15, 0.2) is 53.4 Å². The first-order valence-electron chi connectivity index (χ1n) is 8.89. The van der Waals surface area contributed by atoms with Crippen molar-refractivity contribution in [3.8, 4) is 11.5 Å². The molecular formula is C19H23N3O6S. The molecule has 0 atom stereocenters. The molecule has 10 heteroatoms. The number of carbonyl (C=O) groups excluding carboxylic acids is 2. The molecule has 0 saturated carbocycles. The molecule has 0 saturated heterocycles. The van der Waals surface area contributed by atoms with Crippen LogP contribution in [0.4, 0.5) is 0 Å². The fraction of sp³-hybridized carbons (Fsp3) is 0.263. The van der Waals surface area contributed by atoms with Crippen molar-refractivity contribution < 1.29 is 27.9 Å². The van der Waals surface area contributed by atoms with Crippen LogP contribution < -0.4 is 15.6 Å². The number of hydrazine groups is 1. The first-order valence-corrected chi connectivity index (χ1v) is 10.3. The number of phenolic OH excluding ortho intramolecular Hbond substituents is 1. The van der Waals surface area contributed by atoms with Crippen LogP contribution in [0.2, 0.25) is 0 Å². The molecule has 0 aliphatic carbocycles. The van der Waals surface area contributed by atoms with Gasteiger partial charge in [-0.1, -0.05) is 32.0 Å². The lowest BCUT2D eigenvalue weighted by atomic mass is 10.2. The Balaban J connectivity index is 1.97. The number of hydrogen-bond donors (Lipinski definition) is 3. The minimum atomic E-state index is -3.71. The Hall–Kier alpha value is -3.11. The van der Waals surface area contributed by atoms with Crippen molar-refractivity contribution in [3.05, 3.63) is 54.1 Å². The molecule has 0 heterocycles. The van der Waals surface area contributed by atoms with Gasteiger partial charge < -0.3 is 9.84 Å². The number of para-hydroxylation sites is 2. The van der Waals surface area contributed by atoms with Gasteiger partial charge in [0.25, 0.3) is 11.8 Å². The lowest BCUT2D eigenvalue weighted by Crippen LogP contribution is -2.43. The summed E-state index contributed by atoms with van der Waals surface area (Å²) in [6.07, 6.45) is 0. The van der Waals surface area contributed by atoms with Gasteiger partial charge in [0.15, 0.2) is 18.1 Å². The predicted molar refractivity (Wildman–Crippen MR) is 106 cm³/mol. The van der Waals surface area contributed by atoms with Gasteiger partial charge in [-0.2, -0.15) is 4.31 Å². The van der Waals surface area contributed by atoms with Crippen LogP contribution in [0.5, 0.6) is 11.5 Å². The van der Waals surface area contributed by atoms with Crippen LogP contribution >= 0.6 is 0 Å². The van der Waals surface area contributed by atoms with Crippen LogP contribution in [-0.4, -0.2) is 49.3 Å². The van der Waals surface area contributed by atoms with Crippen molar-refractivity contribution in [2.45, 2.75) is 18.7 Å². The van der Waals surface area contributed by atoms with Crippen LogP contribution in [0.3, 0.4) is 0 Å². The molecule has 2 amide bonds. The quantitative estimate of drug-likeness (QED) is 0.551. The highest BCUT2D eigenvalue weighted by Crippen LogP contribution is 2.24. The van der Waals surface area contributed by atoms with Gasteiger partial charge in [-0.3, -0.25) is 20.4 Å². The second-order valence-electron chi connectivity index (χ2n) is 5.88. The second-order valence-corrected chi connectivity index (χ2v) is 7.81. The maximum absolute atomic E-state index is 12.6. The Morgan fingerprint density at radius 2 is 1.72 bits per heavy atom. The highest BCUT2D eigenvalue weighted by molar-refractivity contribution is 7.89. The molecule has 0 fully saturated rings. The molecule has 0 bridgehead atoms. The lowest BCUT2D eigenvalue weighted by molar-refractivity contribution is -0.123. The number of amides is 2. The number of ether oxygens (including phenoxy) is 1. The lowest BCUT2D eigenvalue weighted by Gasteiger charge is -2.18. The van der Waals surface area contributed by atoms with E-state index in [4.69, 9.17) is 4.74 Å². The van der Waals surface area contributed by atoms with Gasteiger partial charge >= 0.3 is 0 Å². The van der Waals surface area contributed by atoms with Crippen molar-refractivity contribution in [2.24, 2.45) is 0 Å². The number of benzene rings is 2. The zero-order valence-electron chi connectivity index (χ0n) is 16.1. The van der Waals surface area contributed by atoms with E-state index in [2.05, 4.69) is 10.9 Å². The SMILES string of the molecule is CCN(CC)S(=O)(=O)c1cccc(C(=O)NNC(=O)COc2ccccc2O)c1. The zero-order valence-corrected chi connectivity index (χ0v) is 16.9. The Kier molecular flexibility index (Phi) is 7.57. The van der Waals surface area contributed by atoms with E-state index in [1.165, 1.54) is 40.7 Å². The summed E-state index contributed by atoms with van der Waals surface area (Å²) in [4.78, 5) is 24.1. The van der Waals surface area contributed by atoms with Gasteiger partial charge in [0.1, 0.15) is 0 Å². The predicted octanol–water partition coefficient (Wildman–Crippen LogP) is 1.26. The molecule has 2 rings (SSSR count). The standard InChI is InChI=1S/C19H23N3O6S/c1-3-22(4-2)29(26,27)15-9-7-8-14(12-15)19(25)21-20-18(24)13-28-17-11-6-5-10-16(17)23/h5-12,23H,3-4,13H2,1-2H3,(H,20,24)(H,21,25). The van der Waals surface area contributed by atoms with Gasteiger partial charge in [0, 0.05) is 18.7 Å². The first kappa shape index (κ1) is 22.2. The average Bonchev–Trinajstić information content (AvgIpc) is 2.72. The summed E-state index contributed by atoms with van der Waals surface area (Å²) in [5, 5.41) is 9.58. The van der Waals surface area contributed by atoms with E-state index in [0.717, 1.165) is 0 Å². The van der Waals surface area contributed by atoms with Gasteiger partial charge in [-0.15, -0.1) is 0 Å². The molecule has 0 aliphatic rings. The van der Waals surface area contributed by atoms with Gasteiger partial charge in [0.2, 0.25) is 10.0 Å². The summed E-state index contributed by atoms with van der Waals surface area (Å²) in [5.74, 6) is -1.33. The smallest absolute Gasteiger partial charge is 0.276 e. The third-order valence-corrected chi connectivity index (χ3v) is 6.02. The van der Waals surface area contributed by atoms with Gasteiger partial charge in [-0.05, 0) is 30.3 Å². The summed E-state index contributed by atoms with van der Waals surface area (Å²) in [5.41, 5.74) is 4.43. The Morgan fingerprint density at radius 1 is 1.03 bits per heavy atom. The van der Waals surface area contributed by atoms with Crippen LogP contribution in [0, 0.1) is 0 Å². The topological polar surface area (TPSA) is 125 Å². The van der Waals surface area contributed by atoms with Crippen LogP contribution in [0.25, 0.3) is 0 Å². The maximum atomic E-state index is 12.6. The molecule has 3 N–H and O–H groups in total. The van der Waals surface area contributed by atoms with Gasteiger partial charge in [-0.25, -0.2) is 8.42 Å². The number of nitrogens with one attached hydrogen (secondary N) is 2. The molecule has 0 unspecified atom stereocenters. The fourth-order valence-electron chi connectivity index (χ4n) is 2.47. The number of sulfonamides is 1. The fourth-order valence-corrected chi connectivity index (χ4v) is 3.97. The average molecular weight is 421 g/mol. The van der Waals surface area contributed by atoms with Crippen LogP contribution in [0.1, 0.15) is 24.2 Å². The largest absolute Gasteiger partial charge is 0.504 e. The highest BCUT2D eigenvalue weighted by Gasteiger charge is 2.22. The number of phenols is 1. The molecule has 0 aromatic heterocycles. The third kappa shape index (κ3) is 5.69. The molecule has 2 aromatic rings. The van der Waals surface area contributed by atoms with E-state index in [1.54, 1.807) is 26.0 Å². The van der Waals surface area contributed by atoms with Gasteiger partial charge in [0.05, 0.1) is 4.90 Å². The Bertz CT molecular complexity index is 973. The molecule has 0 spiro atoms.